The lowest BCUT2D eigenvalue weighted by Crippen LogP contribution is -2.06. The molecule has 0 aromatic carbocycles. The monoisotopic (exact) mass is 186 g/mol. The van der Waals surface area contributed by atoms with Crippen molar-refractivity contribution in [2.45, 2.75) is 12.8 Å². The van der Waals surface area contributed by atoms with Crippen molar-refractivity contribution in [2.75, 3.05) is 0 Å². The minimum Gasteiger partial charge on any atom is -0.299 e. The van der Waals surface area contributed by atoms with E-state index in [1.54, 1.807) is 0 Å². The van der Waals surface area contributed by atoms with Crippen LogP contribution < -0.4 is 0 Å². The van der Waals surface area contributed by atoms with E-state index in [1.807, 2.05) is 0 Å². The summed E-state index contributed by atoms with van der Waals surface area (Å²) in [5, 5.41) is 0. The van der Waals surface area contributed by atoms with Crippen LogP contribution in [0.4, 0.5) is 0 Å². The number of halogens is 1. The van der Waals surface area contributed by atoms with E-state index in [0.29, 0.717) is 11.7 Å². The zero-order valence-electron chi connectivity index (χ0n) is 4.93. The fraction of sp³-hybridized carbons (Fsp3) is 0.571. The quantitative estimate of drug-likeness (QED) is 0.565. The fourth-order valence-corrected chi connectivity index (χ4v) is 2.47. The van der Waals surface area contributed by atoms with Crippen molar-refractivity contribution in [1.82, 2.24) is 0 Å². The lowest BCUT2D eigenvalue weighted by molar-refractivity contribution is -0.119. The summed E-state index contributed by atoms with van der Waals surface area (Å²) in [5.74, 6) is 1.24. The molecule has 0 aromatic rings. The molecule has 1 nitrogen and oxygen atoms in total. The molecule has 0 spiro atoms. The first-order valence-electron chi connectivity index (χ1n) is 3.17. The number of hydrogen-bond acceptors (Lipinski definition) is 1. The highest BCUT2D eigenvalue weighted by Crippen LogP contribution is 2.43. The Hall–Kier alpha value is -0.110. The van der Waals surface area contributed by atoms with Gasteiger partial charge in [0.1, 0.15) is 5.78 Å². The van der Waals surface area contributed by atoms with E-state index in [4.69, 9.17) is 0 Å². The van der Waals surface area contributed by atoms with Crippen molar-refractivity contribution >= 4 is 21.7 Å². The number of carbonyl (C=O) groups is 1. The topological polar surface area (TPSA) is 17.1 Å². The number of fused-ring (bicyclic) bond motifs is 2. The van der Waals surface area contributed by atoms with Gasteiger partial charge in [-0.2, -0.15) is 0 Å². The molecule has 0 aliphatic heterocycles. The van der Waals surface area contributed by atoms with Crippen molar-refractivity contribution in [3.63, 3.8) is 0 Å². The van der Waals surface area contributed by atoms with E-state index in [-0.39, 0.29) is 5.92 Å². The van der Waals surface area contributed by atoms with E-state index < -0.39 is 0 Å². The Labute approximate surface area is 62.3 Å². The Morgan fingerprint density at radius 3 is 2.78 bits per heavy atom. The Bertz CT molecular complexity index is 195. The van der Waals surface area contributed by atoms with Gasteiger partial charge in [-0.3, -0.25) is 4.79 Å². The average Bonchev–Trinajstić information content (AvgIpc) is 2.22. The molecular formula is C7H7BrO. The summed E-state index contributed by atoms with van der Waals surface area (Å²) in [4.78, 5) is 11.0. The van der Waals surface area contributed by atoms with Crippen LogP contribution in [0.25, 0.3) is 0 Å². The van der Waals surface area contributed by atoms with Crippen LogP contribution in [0.15, 0.2) is 10.6 Å². The van der Waals surface area contributed by atoms with Gasteiger partial charge in [0.05, 0.1) is 0 Å². The van der Waals surface area contributed by atoms with E-state index in [2.05, 4.69) is 22.0 Å². The first-order chi connectivity index (χ1) is 4.27. The molecule has 0 amide bonds. The number of allylic oxidation sites excluding steroid dienone is 2. The minimum atomic E-state index is 0.245. The molecule has 2 heteroatoms. The van der Waals surface area contributed by atoms with Crippen LogP contribution in [0, 0.1) is 11.8 Å². The van der Waals surface area contributed by atoms with E-state index in [9.17, 15) is 4.79 Å². The van der Waals surface area contributed by atoms with Crippen LogP contribution in [-0.4, -0.2) is 5.78 Å². The molecule has 48 valence electrons. The molecule has 2 aliphatic rings. The summed E-state index contributed by atoms with van der Waals surface area (Å²) in [5.41, 5.74) is 0. The van der Waals surface area contributed by atoms with Crippen molar-refractivity contribution < 1.29 is 4.79 Å². The summed E-state index contributed by atoms with van der Waals surface area (Å²) >= 11 is 3.38. The van der Waals surface area contributed by atoms with Crippen LogP contribution in [0.3, 0.4) is 0 Å². The van der Waals surface area contributed by atoms with Gasteiger partial charge in [-0.1, -0.05) is 22.0 Å². The van der Waals surface area contributed by atoms with Crippen LogP contribution in [-0.2, 0) is 4.79 Å². The van der Waals surface area contributed by atoms with Crippen LogP contribution in [0.1, 0.15) is 12.8 Å². The number of ketones is 1. The molecule has 1 saturated carbocycles. The molecule has 2 atom stereocenters. The molecule has 0 saturated heterocycles. The van der Waals surface area contributed by atoms with Crippen molar-refractivity contribution in [2.24, 2.45) is 11.8 Å². The molecule has 0 radical (unpaired) electrons. The van der Waals surface area contributed by atoms with Gasteiger partial charge in [0.15, 0.2) is 0 Å². The molecule has 0 N–H and O–H groups in total. The van der Waals surface area contributed by atoms with Gasteiger partial charge in [-0.15, -0.1) is 0 Å². The highest BCUT2D eigenvalue weighted by atomic mass is 79.9. The Balaban J connectivity index is 2.36. The van der Waals surface area contributed by atoms with Gasteiger partial charge in [-0.25, -0.2) is 0 Å². The Morgan fingerprint density at radius 2 is 2.44 bits per heavy atom. The smallest absolute Gasteiger partial charge is 0.141 e. The van der Waals surface area contributed by atoms with Crippen molar-refractivity contribution in [3.8, 4) is 0 Å². The Morgan fingerprint density at radius 1 is 1.67 bits per heavy atom. The van der Waals surface area contributed by atoms with Gasteiger partial charge >= 0.3 is 0 Å². The predicted molar refractivity (Wildman–Crippen MR) is 38.2 cm³/mol. The van der Waals surface area contributed by atoms with Gasteiger partial charge in [-0.05, 0) is 12.3 Å². The molecule has 0 aromatic heterocycles. The standard InChI is InChI=1S/C7H7BrO/c8-6-2-4-1-5(6)7(9)3-4/h2,4-5H,1,3H2/t4-,5+/m1/s1. The van der Waals surface area contributed by atoms with Gasteiger partial charge in [0.25, 0.3) is 0 Å². The lowest BCUT2D eigenvalue weighted by Gasteiger charge is -2.03. The Kier molecular flexibility index (Phi) is 1.06. The highest BCUT2D eigenvalue weighted by molar-refractivity contribution is 9.11. The molecule has 1 fully saturated rings. The zero-order valence-corrected chi connectivity index (χ0v) is 6.52. The van der Waals surface area contributed by atoms with Crippen molar-refractivity contribution in [3.05, 3.63) is 10.6 Å². The van der Waals surface area contributed by atoms with E-state index in [1.165, 1.54) is 0 Å². The predicted octanol–water partition coefficient (Wildman–Crippen LogP) is 1.87. The second kappa shape index (κ2) is 1.69. The minimum absolute atomic E-state index is 0.245. The highest BCUT2D eigenvalue weighted by Gasteiger charge is 2.38. The van der Waals surface area contributed by atoms with Crippen LogP contribution in [0.5, 0.6) is 0 Å². The van der Waals surface area contributed by atoms with Gasteiger partial charge in [0, 0.05) is 16.8 Å². The zero-order chi connectivity index (χ0) is 6.43. The average molecular weight is 187 g/mol. The maximum atomic E-state index is 11.0. The number of rotatable bonds is 0. The second-order valence-corrected chi connectivity index (χ2v) is 3.69. The summed E-state index contributed by atoms with van der Waals surface area (Å²) in [6.07, 6.45) is 4.03. The normalized spacial score (nSPS) is 39.7. The van der Waals surface area contributed by atoms with Crippen molar-refractivity contribution in [1.29, 1.82) is 0 Å². The molecule has 9 heavy (non-hydrogen) atoms. The van der Waals surface area contributed by atoms with E-state index >= 15 is 0 Å². The molecular weight excluding hydrogens is 180 g/mol. The third-order valence-electron chi connectivity index (χ3n) is 2.12. The molecule has 0 unspecified atom stereocenters. The maximum Gasteiger partial charge on any atom is 0.141 e. The fourth-order valence-electron chi connectivity index (χ4n) is 1.65. The largest absolute Gasteiger partial charge is 0.299 e. The summed E-state index contributed by atoms with van der Waals surface area (Å²) in [7, 11) is 0. The first-order valence-corrected chi connectivity index (χ1v) is 3.96. The third-order valence-corrected chi connectivity index (χ3v) is 2.94. The summed E-state index contributed by atoms with van der Waals surface area (Å²) in [6.45, 7) is 0. The molecule has 2 bridgehead atoms. The van der Waals surface area contributed by atoms with Crippen LogP contribution >= 0.6 is 15.9 Å². The lowest BCUT2D eigenvalue weighted by atomic mass is 10.1. The molecule has 0 heterocycles. The number of carbonyl (C=O) groups excluding carboxylic acids is 1. The number of hydrogen-bond donors (Lipinski definition) is 0. The third kappa shape index (κ3) is 0.692. The molecule has 2 rings (SSSR count). The van der Waals surface area contributed by atoms with Crippen LogP contribution in [0.2, 0.25) is 0 Å². The summed E-state index contributed by atoms with van der Waals surface area (Å²) in [6, 6.07) is 0. The van der Waals surface area contributed by atoms with Gasteiger partial charge < -0.3 is 0 Å². The van der Waals surface area contributed by atoms with Gasteiger partial charge in [0.2, 0.25) is 0 Å². The maximum absolute atomic E-state index is 11.0. The second-order valence-electron chi connectivity index (χ2n) is 2.77. The first kappa shape index (κ1) is 5.66. The number of Topliss-reactive ketones (excluding diaryl/α,β-unsaturated/α-hetero) is 1. The molecule has 2 aliphatic carbocycles. The summed E-state index contributed by atoms with van der Waals surface area (Å²) < 4.78 is 1.13. The SMILES string of the molecule is O=C1C[C@H]2C=C(Br)[C@@H]1C2. The van der Waals surface area contributed by atoms with E-state index in [0.717, 1.165) is 17.3 Å².